The van der Waals surface area contributed by atoms with E-state index in [0.29, 0.717) is 0 Å². The van der Waals surface area contributed by atoms with Crippen molar-refractivity contribution >= 4 is 31.5 Å². The second kappa shape index (κ2) is 18.1. The third-order valence-corrected chi connectivity index (χ3v) is 8.99. The molecule has 1 unspecified atom stereocenters. The number of hydrogen-bond acceptors (Lipinski definition) is 8. The largest absolute Gasteiger partial charge is 0.481 e. The summed E-state index contributed by atoms with van der Waals surface area (Å²) < 4.78 is 31.8. The Bertz CT molecular complexity index is 1520. The van der Waals surface area contributed by atoms with E-state index in [0.717, 1.165) is 5.56 Å². The van der Waals surface area contributed by atoms with Crippen LogP contribution >= 0.6 is 7.60 Å². The van der Waals surface area contributed by atoms with Crippen LogP contribution in [-0.2, 0) is 30.1 Å². The molecule has 0 bridgehead atoms. The van der Waals surface area contributed by atoms with Gasteiger partial charge in [0.25, 0.3) is 0 Å². The normalized spacial score (nSPS) is 13.3. The number of hydrogen-bond donors (Lipinski definition) is 4. The van der Waals surface area contributed by atoms with E-state index in [1.807, 2.05) is 19.9 Å². The Labute approximate surface area is 287 Å². The lowest BCUT2D eigenvalue weighted by molar-refractivity contribution is -0.137. The Morgan fingerprint density at radius 1 is 0.735 bits per heavy atom. The predicted octanol–water partition coefficient (Wildman–Crippen LogP) is 6.31. The summed E-state index contributed by atoms with van der Waals surface area (Å²) in [5.41, 5.74) is -0.0603. The first-order valence-electron chi connectivity index (χ1n) is 16.1. The van der Waals surface area contributed by atoms with Gasteiger partial charge in [0.2, 0.25) is 11.8 Å². The molecule has 49 heavy (non-hydrogen) atoms. The molecule has 0 spiro atoms. The number of nitrogens with one attached hydrogen (secondary N) is 3. The molecule has 0 aromatic heterocycles. The number of carboxylic acid groups (broad SMARTS) is 1. The topological polar surface area (TPSA) is 169 Å². The molecule has 3 amide bonds. The van der Waals surface area contributed by atoms with Gasteiger partial charge in [-0.3, -0.25) is 14.4 Å². The number of carboxylic acids is 1. The minimum atomic E-state index is -4.38. The molecule has 0 heterocycles. The number of alkyl carbamates (subject to hydrolysis) is 1. The molecule has 0 aliphatic heterocycles. The number of ether oxygens (including phenoxy) is 1. The number of rotatable bonds is 17. The van der Waals surface area contributed by atoms with Gasteiger partial charge >= 0.3 is 19.7 Å². The summed E-state index contributed by atoms with van der Waals surface area (Å²) in [7, 11) is -4.38. The van der Waals surface area contributed by atoms with E-state index in [2.05, 4.69) is 16.0 Å². The number of aliphatic carboxylic acids is 1. The zero-order valence-corrected chi connectivity index (χ0v) is 29.4. The highest BCUT2D eigenvalue weighted by Crippen LogP contribution is 2.53. The van der Waals surface area contributed by atoms with Crippen molar-refractivity contribution in [3.63, 3.8) is 0 Å². The molecule has 0 saturated carbocycles. The van der Waals surface area contributed by atoms with Crippen molar-refractivity contribution in [1.82, 2.24) is 16.0 Å². The van der Waals surface area contributed by atoms with Crippen LogP contribution < -0.4 is 25.0 Å². The van der Waals surface area contributed by atoms with Crippen molar-refractivity contribution in [2.24, 2.45) is 5.92 Å². The summed E-state index contributed by atoms with van der Waals surface area (Å²) in [5, 5.41) is 17.6. The molecule has 13 heteroatoms. The van der Waals surface area contributed by atoms with E-state index in [-0.39, 0.29) is 36.7 Å². The Kier molecular flexibility index (Phi) is 14.2. The number of para-hydroxylation sites is 2. The van der Waals surface area contributed by atoms with Gasteiger partial charge in [0, 0.05) is 12.8 Å². The Hall–Kier alpha value is -4.83. The highest BCUT2D eigenvalue weighted by atomic mass is 31.2. The summed E-state index contributed by atoms with van der Waals surface area (Å²) in [5.74, 6) is -3.73. The van der Waals surface area contributed by atoms with Gasteiger partial charge in [-0.1, -0.05) is 80.6 Å². The molecule has 12 nitrogen and oxygen atoms in total. The fourth-order valence-electron chi connectivity index (χ4n) is 4.72. The molecule has 3 atom stereocenters. The third kappa shape index (κ3) is 13.7. The fourth-order valence-corrected chi connectivity index (χ4v) is 6.57. The predicted molar refractivity (Wildman–Crippen MR) is 185 cm³/mol. The standard InChI is InChI=1S/C36H46N3O9P/c1-25(2)23-29(37-33(42)30(24-26-15-9-6-10-16-26)38-35(44)46-36(3,4)5)34(43)39-31(21-22-32(40)41)49(45,47-27-17-11-7-12-18-27)48-28-19-13-8-14-20-28/h6-20,25,29-31H,21-24H2,1-5H3,(H,37,42)(H,38,44)(H,39,43)(H,40,41)/t29-,30-,31?/m0/s1. The maximum Gasteiger partial charge on any atom is 0.452 e. The fraction of sp³-hybridized carbons (Fsp3) is 0.389. The molecule has 3 aromatic rings. The van der Waals surface area contributed by atoms with Crippen LogP contribution in [0.4, 0.5) is 4.79 Å². The Morgan fingerprint density at radius 3 is 1.69 bits per heavy atom. The third-order valence-electron chi connectivity index (χ3n) is 6.90. The first kappa shape index (κ1) is 38.6. The maximum atomic E-state index is 14.6. The van der Waals surface area contributed by atoms with Gasteiger partial charge in [0.05, 0.1) is 0 Å². The highest BCUT2D eigenvalue weighted by molar-refractivity contribution is 7.55. The summed E-state index contributed by atoms with van der Waals surface area (Å²) in [6.07, 6.45) is -1.31. The van der Waals surface area contributed by atoms with Crippen molar-refractivity contribution in [1.29, 1.82) is 0 Å². The quantitative estimate of drug-likeness (QED) is 0.118. The summed E-state index contributed by atoms with van der Waals surface area (Å²) in [6.45, 7) is 8.81. The minimum absolute atomic E-state index is 0.0900. The van der Waals surface area contributed by atoms with Crippen molar-refractivity contribution < 1.29 is 42.6 Å². The lowest BCUT2D eigenvalue weighted by Gasteiger charge is -2.30. The van der Waals surface area contributed by atoms with E-state index in [1.165, 1.54) is 0 Å². The molecule has 0 aliphatic rings. The van der Waals surface area contributed by atoms with Gasteiger partial charge in [-0.2, -0.15) is 0 Å². The van der Waals surface area contributed by atoms with Crippen LogP contribution in [0, 0.1) is 5.92 Å². The van der Waals surface area contributed by atoms with E-state index in [4.69, 9.17) is 13.8 Å². The first-order valence-corrected chi connectivity index (χ1v) is 17.7. The smallest absolute Gasteiger partial charge is 0.452 e. The van der Waals surface area contributed by atoms with E-state index >= 15 is 0 Å². The van der Waals surface area contributed by atoms with Gasteiger partial charge in [-0.05, 0) is 69.4 Å². The number of amides is 3. The van der Waals surface area contributed by atoms with E-state index in [1.54, 1.807) is 106 Å². The molecular weight excluding hydrogens is 649 g/mol. The monoisotopic (exact) mass is 695 g/mol. The highest BCUT2D eigenvalue weighted by Gasteiger charge is 2.42. The molecule has 264 valence electrons. The zero-order chi connectivity index (χ0) is 36.0. The van der Waals surface area contributed by atoms with Crippen LogP contribution in [0.5, 0.6) is 11.5 Å². The number of carbonyl (C=O) groups excluding carboxylic acids is 3. The molecular formula is C36H46N3O9P. The second-order valence-corrected chi connectivity index (χ2v) is 15.0. The van der Waals surface area contributed by atoms with E-state index in [9.17, 15) is 28.8 Å². The van der Waals surface area contributed by atoms with Crippen molar-refractivity contribution in [2.45, 2.75) is 83.8 Å². The summed E-state index contributed by atoms with van der Waals surface area (Å²) in [4.78, 5) is 52.2. The maximum absolute atomic E-state index is 14.6. The van der Waals surface area contributed by atoms with Crippen LogP contribution in [0.25, 0.3) is 0 Å². The molecule has 3 aromatic carbocycles. The van der Waals surface area contributed by atoms with Gasteiger partial charge in [0.15, 0.2) is 5.78 Å². The molecule has 0 fully saturated rings. The molecule has 3 rings (SSSR count). The lowest BCUT2D eigenvalue weighted by Crippen LogP contribution is -2.56. The zero-order valence-electron chi connectivity index (χ0n) is 28.5. The van der Waals surface area contributed by atoms with Crippen LogP contribution in [-0.4, -0.2) is 52.5 Å². The molecule has 0 radical (unpaired) electrons. The van der Waals surface area contributed by atoms with Crippen LogP contribution in [0.2, 0.25) is 0 Å². The van der Waals surface area contributed by atoms with Crippen LogP contribution in [0.1, 0.15) is 59.4 Å². The molecule has 0 saturated heterocycles. The first-order chi connectivity index (χ1) is 23.1. The average molecular weight is 696 g/mol. The van der Waals surface area contributed by atoms with Gasteiger partial charge < -0.3 is 34.8 Å². The minimum Gasteiger partial charge on any atom is -0.481 e. The van der Waals surface area contributed by atoms with E-state index < -0.39 is 61.4 Å². The van der Waals surface area contributed by atoms with Gasteiger partial charge in [-0.25, -0.2) is 9.36 Å². The van der Waals surface area contributed by atoms with Crippen molar-refractivity contribution in [3.05, 3.63) is 96.6 Å². The average Bonchev–Trinajstić information content (AvgIpc) is 3.02. The van der Waals surface area contributed by atoms with Gasteiger partial charge in [-0.15, -0.1) is 0 Å². The Balaban J connectivity index is 1.93. The Morgan fingerprint density at radius 2 is 1.22 bits per heavy atom. The van der Waals surface area contributed by atoms with Crippen molar-refractivity contribution in [3.8, 4) is 11.5 Å². The second-order valence-electron chi connectivity index (χ2n) is 12.9. The molecule has 0 aliphatic carbocycles. The number of carbonyl (C=O) groups is 4. The van der Waals surface area contributed by atoms with Crippen LogP contribution in [0.15, 0.2) is 91.0 Å². The summed E-state index contributed by atoms with van der Waals surface area (Å²) in [6, 6.07) is 23.1. The van der Waals surface area contributed by atoms with Gasteiger partial charge in [0.1, 0.15) is 29.2 Å². The number of benzene rings is 3. The lowest BCUT2D eigenvalue weighted by atomic mass is 10.0. The van der Waals surface area contributed by atoms with Crippen LogP contribution in [0.3, 0.4) is 0 Å². The molecule has 4 N–H and O–H groups in total. The SMILES string of the molecule is CC(C)C[C@H](NC(=O)[C@H](Cc1ccccc1)NC(=O)OC(C)(C)C)C(=O)NC(CCC(=O)O)P(=O)(Oc1ccccc1)Oc1ccccc1. The summed E-state index contributed by atoms with van der Waals surface area (Å²) >= 11 is 0. The van der Waals surface area contributed by atoms with Crippen molar-refractivity contribution in [2.75, 3.05) is 0 Å².